The van der Waals surface area contributed by atoms with E-state index in [1.165, 1.54) is 5.52 Å². The quantitative estimate of drug-likeness (QED) is 0.305. The topological polar surface area (TPSA) is 83.3 Å². The smallest absolute Gasteiger partial charge is 0.251 e. The molecular formula is C23H30N6O. The number of imidazole rings is 1. The van der Waals surface area contributed by atoms with E-state index >= 15 is 0 Å². The van der Waals surface area contributed by atoms with Gasteiger partial charge in [0.15, 0.2) is 5.96 Å². The maximum atomic E-state index is 11.8. The number of aliphatic imine (C=N–C) groups is 1. The van der Waals surface area contributed by atoms with Crippen LogP contribution in [0.25, 0.3) is 11.0 Å². The summed E-state index contributed by atoms with van der Waals surface area (Å²) in [5.41, 5.74) is 3.98. The first-order chi connectivity index (χ1) is 14.6. The number of carbonyl (C=O) groups excluding carboxylic acids is 1. The number of guanidine groups is 1. The van der Waals surface area contributed by atoms with Gasteiger partial charge in [-0.05, 0) is 50.1 Å². The van der Waals surface area contributed by atoms with E-state index < -0.39 is 0 Å². The molecule has 1 amide bonds. The second-order valence-electron chi connectivity index (χ2n) is 7.06. The second-order valence-corrected chi connectivity index (χ2v) is 7.06. The molecule has 0 atom stereocenters. The van der Waals surface area contributed by atoms with Gasteiger partial charge in [0, 0.05) is 38.8 Å². The fourth-order valence-corrected chi connectivity index (χ4v) is 3.37. The number of aryl methyl sites for hydroxylation is 2. The lowest BCUT2D eigenvalue weighted by molar-refractivity contribution is 0.0956. The van der Waals surface area contributed by atoms with Crippen molar-refractivity contribution in [2.75, 3.05) is 20.1 Å². The Labute approximate surface area is 177 Å². The highest BCUT2D eigenvalue weighted by Gasteiger charge is 2.07. The van der Waals surface area contributed by atoms with Crippen molar-refractivity contribution >= 4 is 22.9 Å². The van der Waals surface area contributed by atoms with Crippen molar-refractivity contribution in [1.82, 2.24) is 25.5 Å². The lowest BCUT2D eigenvalue weighted by Gasteiger charge is -2.13. The minimum Gasteiger partial charge on any atom is -0.356 e. The molecule has 0 aliphatic carbocycles. The summed E-state index contributed by atoms with van der Waals surface area (Å²) in [5.74, 6) is 1.75. The van der Waals surface area contributed by atoms with Crippen molar-refractivity contribution < 1.29 is 4.79 Å². The molecule has 3 rings (SSSR count). The Hall–Kier alpha value is -3.35. The van der Waals surface area contributed by atoms with Crippen LogP contribution < -0.4 is 16.0 Å². The fourth-order valence-electron chi connectivity index (χ4n) is 3.37. The highest BCUT2D eigenvalue weighted by Crippen LogP contribution is 2.15. The standard InChI is InChI=1S/C23H30N6O/c1-4-25-22(30)19-12-10-18(11-13-19)16-27-23(24-3)26-14-7-15-29-17(2)28-20-8-5-6-9-21(20)29/h5-6,8-13H,4,7,14-16H2,1-3H3,(H,25,30)(H2,24,26,27). The zero-order valence-corrected chi connectivity index (χ0v) is 17.9. The molecule has 0 bridgehead atoms. The van der Waals surface area contributed by atoms with Crippen molar-refractivity contribution in [1.29, 1.82) is 0 Å². The molecule has 3 N–H and O–H groups in total. The van der Waals surface area contributed by atoms with Crippen molar-refractivity contribution in [3.63, 3.8) is 0 Å². The molecule has 0 saturated heterocycles. The predicted molar refractivity (Wildman–Crippen MR) is 122 cm³/mol. The third kappa shape index (κ3) is 5.37. The molecule has 0 aliphatic rings. The Kier molecular flexibility index (Phi) is 7.43. The van der Waals surface area contributed by atoms with E-state index in [4.69, 9.17) is 0 Å². The molecule has 0 spiro atoms. The molecule has 1 aromatic heterocycles. The summed E-state index contributed by atoms with van der Waals surface area (Å²) in [7, 11) is 1.76. The van der Waals surface area contributed by atoms with Gasteiger partial charge in [-0.3, -0.25) is 9.79 Å². The van der Waals surface area contributed by atoms with Crippen molar-refractivity contribution in [2.45, 2.75) is 33.4 Å². The van der Waals surface area contributed by atoms with Crippen LogP contribution in [-0.2, 0) is 13.1 Å². The van der Waals surface area contributed by atoms with Gasteiger partial charge in [-0.25, -0.2) is 4.98 Å². The Morgan fingerprint density at radius 3 is 2.57 bits per heavy atom. The van der Waals surface area contributed by atoms with Crippen LogP contribution in [0.4, 0.5) is 0 Å². The maximum Gasteiger partial charge on any atom is 0.251 e. The number of hydrogen-bond donors (Lipinski definition) is 3. The summed E-state index contributed by atoms with van der Waals surface area (Å²) in [6.07, 6.45) is 0.961. The van der Waals surface area contributed by atoms with Gasteiger partial charge in [0.1, 0.15) is 5.82 Å². The molecule has 0 fully saturated rings. The molecule has 2 aromatic carbocycles. The largest absolute Gasteiger partial charge is 0.356 e. The first-order valence-corrected chi connectivity index (χ1v) is 10.4. The zero-order chi connectivity index (χ0) is 21.3. The van der Waals surface area contributed by atoms with Crippen LogP contribution >= 0.6 is 0 Å². The molecule has 1 heterocycles. The molecule has 0 saturated carbocycles. The number of hydrogen-bond acceptors (Lipinski definition) is 3. The van der Waals surface area contributed by atoms with E-state index in [-0.39, 0.29) is 5.91 Å². The second kappa shape index (κ2) is 10.4. The van der Waals surface area contributed by atoms with E-state index in [2.05, 4.69) is 36.6 Å². The molecule has 3 aromatic rings. The number of carbonyl (C=O) groups is 1. The van der Waals surface area contributed by atoms with Crippen molar-refractivity contribution in [3.8, 4) is 0 Å². The molecular weight excluding hydrogens is 376 g/mol. The third-order valence-corrected chi connectivity index (χ3v) is 4.93. The molecule has 7 nitrogen and oxygen atoms in total. The number of para-hydroxylation sites is 2. The van der Waals surface area contributed by atoms with Crippen LogP contribution in [0.2, 0.25) is 0 Å². The average molecular weight is 407 g/mol. The summed E-state index contributed by atoms with van der Waals surface area (Å²) in [5, 5.41) is 9.47. The summed E-state index contributed by atoms with van der Waals surface area (Å²) in [4.78, 5) is 20.7. The van der Waals surface area contributed by atoms with E-state index in [1.54, 1.807) is 7.05 Å². The van der Waals surface area contributed by atoms with Gasteiger partial charge in [0.05, 0.1) is 11.0 Å². The number of aromatic nitrogens is 2. The number of nitrogens with one attached hydrogen (secondary N) is 3. The van der Waals surface area contributed by atoms with Crippen LogP contribution in [0.3, 0.4) is 0 Å². The highest BCUT2D eigenvalue weighted by atomic mass is 16.1. The van der Waals surface area contributed by atoms with Crippen LogP contribution in [0.1, 0.15) is 35.1 Å². The van der Waals surface area contributed by atoms with E-state index in [1.807, 2.05) is 56.3 Å². The van der Waals surface area contributed by atoms with E-state index in [9.17, 15) is 4.79 Å². The molecule has 0 unspecified atom stereocenters. The highest BCUT2D eigenvalue weighted by molar-refractivity contribution is 5.94. The number of amides is 1. The number of rotatable bonds is 8. The predicted octanol–water partition coefficient (Wildman–Crippen LogP) is 2.85. The summed E-state index contributed by atoms with van der Waals surface area (Å²) in [6, 6.07) is 15.8. The Balaban J connectivity index is 1.45. The molecule has 0 aliphatic heterocycles. The van der Waals surface area contributed by atoms with E-state index in [0.717, 1.165) is 42.4 Å². The van der Waals surface area contributed by atoms with Crippen LogP contribution in [0.15, 0.2) is 53.5 Å². The van der Waals surface area contributed by atoms with Gasteiger partial charge < -0.3 is 20.5 Å². The van der Waals surface area contributed by atoms with Gasteiger partial charge in [0.2, 0.25) is 0 Å². The van der Waals surface area contributed by atoms with Crippen LogP contribution in [0, 0.1) is 6.92 Å². The Bertz CT molecular complexity index is 1010. The normalized spacial score (nSPS) is 11.5. The third-order valence-electron chi connectivity index (χ3n) is 4.93. The van der Waals surface area contributed by atoms with Crippen LogP contribution in [0.5, 0.6) is 0 Å². The fraction of sp³-hybridized carbons (Fsp3) is 0.348. The van der Waals surface area contributed by atoms with Gasteiger partial charge in [-0.15, -0.1) is 0 Å². The number of nitrogens with zero attached hydrogens (tertiary/aromatic N) is 3. The van der Waals surface area contributed by atoms with Gasteiger partial charge >= 0.3 is 0 Å². The lowest BCUT2D eigenvalue weighted by Crippen LogP contribution is -2.37. The summed E-state index contributed by atoms with van der Waals surface area (Å²) >= 11 is 0. The minimum atomic E-state index is -0.0459. The van der Waals surface area contributed by atoms with E-state index in [0.29, 0.717) is 18.7 Å². The SMILES string of the molecule is CCNC(=O)c1ccc(CNC(=NC)NCCCn2c(C)nc3ccccc32)cc1. The summed E-state index contributed by atoms with van der Waals surface area (Å²) in [6.45, 7) is 6.93. The molecule has 0 radical (unpaired) electrons. The van der Waals surface area contributed by atoms with Crippen molar-refractivity contribution in [3.05, 3.63) is 65.5 Å². The zero-order valence-electron chi connectivity index (χ0n) is 17.9. The van der Waals surface area contributed by atoms with Gasteiger partial charge in [-0.2, -0.15) is 0 Å². The first-order valence-electron chi connectivity index (χ1n) is 10.4. The first kappa shape index (κ1) is 21.4. The molecule has 158 valence electrons. The lowest BCUT2D eigenvalue weighted by atomic mass is 10.1. The molecule has 7 heteroatoms. The van der Waals surface area contributed by atoms with Gasteiger partial charge in [0.25, 0.3) is 5.91 Å². The number of fused-ring (bicyclic) bond motifs is 1. The number of benzene rings is 2. The van der Waals surface area contributed by atoms with Crippen LogP contribution in [-0.4, -0.2) is 41.6 Å². The van der Waals surface area contributed by atoms with Gasteiger partial charge in [-0.1, -0.05) is 24.3 Å². The Morgan fingerprint density at radius 1 is 1.07 bits per heavy atom. The summed E-state index contributed by atoms with van der Waals surface area (Å²) < 4.78 is 2.25. The average Bonchev–Trinajstić information content (AvgIpc) is 3.09. The minimum absolute atomic E-state index is 0.0459. The molecule has 30 heavy (non-hydrogen) atoms. The Morgan fingerprint density at radius 2 is 1.83 bits per heavy atom. The van der Waals surface area contributed by atoms with Crippen molar-refractivity contribution in [2.24, 2.45) is 4.99 Å². The monoisotopic (exact) mass is 406 g/mol. The maximum absolute atomic E-state index is 11.8.